The van der Waals surface area contributed by atoms with E-state index in [1.807, 2.05) is 22.6 Å². The van der Waals surface area contributed by atoms with E-state index < -0.39 is 0 Å². The molecule has 0 aliphatic carbocycles. The van der Waals surface area contributed by atoms with Gasteiger partial charge in [-0.15, -0.1) is 0 Å². The lowest BCUT2D eigenvalue weighted by Crippen LogP contribution is -2.28. The molecule has 1 aliphatic heterocycles. The summed E-state index contributed by atoms with van der Waals surface area (Å²) >= 11 is 7.71. The fraction of sp³-hybridized carbons (Fsp3) is 0.500. The van der Waals surface area contributed by atoms with Gasteiger partial charge < -0.3 is 10.1 Å². The number of hydrogen-bond acceptors (Lipinski definition) is 5. The van der Waals surface area contributed by atoms with Gasteiger partial charge in [0.05, 0.1) is 6.20 Å². The molecule has 17 heavy (non-hydrogen) atoms. The zero-order chi connectivity index (χ0) is 12.3. The minimum absolute atomic E-state index is 0.0639. The topological polar surface area (TPSA) is 70.9 Å². The summed E-state index contributed by atoms with van der Waals surface area (Å²) in [6, 6.07) is 0. The molecule has 2 N–H and O–H groups in total. The number of halogens is 2. The molecule has 1 fully saturated rings. The quantitative estimate of drug-likeness (QED) is 0.637. The molecule has 2 heterocycles. The Labute approximate surface area is 118 Å². The number of hydrogen-bond donors (Lipinski definition) is 2. The molecule has 0 spiro atoms. The first-order valence-corrected chi connectivity index (χ1v) is 6.77. The lowest BCUT2D eigenvalue weighted by Gasteiger charge is -2.24. The molecule has 7 heteroatoms. The summed E-state index contributed by atoms with van der Waals surface area (Å²) < 4.78 is 5.89. The Bertz CT molecular complexity index is 423. The maximum absolute atomic E-state index is 7.62. The maximum Gasteiger partial charge on any atom is 0.158 e. The highest BCUT2D eigenvalue weighted by atomic mass is 127. The Kier molecular flexibility index (Phi) is 4.52. The molecule has 5 nitrogen and oxygen atoms in total. The van der Waals surface area contributed by atoms with Crippen LogP contribution in [-0.4, -0.2) is 26.5 Å². The summed E-state index contributed by atoms with van der Waals surface area (Å²) in [5.74, 6) is 0.517. The van der Waals surface area contributed by atoms with Crippen molar-refractivity contribution in [1.82, 2.24) is 9.97 Å². The normalized spacial score (nSPS) is 20.0. The second-order valence-electron chi connectivity index (χ2n) is 3.70. The second-order valence-corrected chi connectivity index (χ2v) is 5.17. The van der Waals surface area contributed by atoms with Crippen LogP contribution < -0.4 is 5.32 Å². The number of ether oxygens (including phenoxy) is 1. The van der Waals surface area contributed by atoms with Crippen LogP contribution in [0.3, 0.4) is 0 Å². The van der Waals surface area contributed by atoms with Gasteiger partial charge in [-0.1, -0.05) is 11.6 Å². The van der Waals surface area contributed by atoms with Gasteiger partial charge in [0.2, 0.25) is 0 Å². The first-order chi connectivity index (χ1) is 8.16. The highest BCUT2D eigenvalue weighted by Crippen LogP contribution is 2.20. The maximum atomic E-state index is 7.62. The van der Waals surface area contributed by atoms with E-state index in [4.69, 9.17) is 21.7 Å². The van der Waals surface area contributed by atoms with Crippen molar-refractivity contribution in [3.05, 3.63) is 17.0 Å². The zero-order valence-corrected chi connectivity index (χ0v) is 12.0. The van der Waals surface area contributed by atoms with E-state index in [2.05, 4.69) is 15.3 Å². The monoisotopic (exact) mass is 366 g/mol. The number of nitrogens with zero attached hydrogens (tertiary/aromatic N) is 2. The average Bonchev–Trinajstić information content (AvgIpc) is 2.30. The molecule has 1 aliphatic rings. The van der Waals surface area contributed by atoms with E-state index in [-0.39, 0.29) is 6.23 Å². The van der Waals surface area contributed by atoms with Crippen molar-refractivity contribution in [2.45, 2.75) is 25.5 Å². The van der Waals surface area contributed by atoms with Gasteiger partial charge in [-0.3, -0.25) is 5.41 Å². The molecule has 0 saturated carbocycles. The van der Waals surface area contributed by atoms with Gasteiger partial charge in [0.1, 0.15) is 20.8 Å². The van der Waals surface area contributed by atoms with Crippen LogP contribution >= 0.6 is 34.2 Å². The van der Waals surface area contributed by atoms with Crippen molar-refractivity contribution < 1.29 is 4.74 Å². The summed E-state index contributed by atoms with van der Waals surface area (Å²) in [7, 11) is 0. The minimum Gasteiger partial charge on any atom is -0.359 e. The predicted octanol–water partition coefficient (Wildman–Crippen LogP) is 2.83. The molecule has 2 rings (SSSR count). The van der Waals surface area contributed by atoms with Crippen LogP contribution in [0.2, 0.25) is 5.15 Å². The number of rotatable bonds is 3. The van der Waals surface area contributed by atoms with E-state index in [0.29, 0.717) is 20.4 Å². The van der Waals surface area contributed by atoms with Crippen molar-refractivity contribution in [3.63, 3.8) is 0 Å². The minimum atomic E-state index is -0.0639. The SMILES string of the molecule is N=C(I)c1ncc(Cl)nc1NC1CCCCO1. The Hall–Kier alpha value is -0.470. The second kappa shape index (κ2) is 5.92. The van der Waals surface area contributed by atoms with E-state index in [0.717, 1.165) is 25.9 Å². The van der Waals surface area contributed by atoms with Crippen LogP contribution in [0.1, 0.15) is 25.0 Å². The largest absolute Gasteiger partial charge is 0.359 e. The van der Waals surface area contributed by atoms with Crippen molar-refractivity contribution in [2.75, 3.05) is 11.9 Å². The lowest BCUT2D eigenvalue weighted by atomic mass is 10.2. The number of anilines is 1. The molecular formula is C10H12ClIN4O. The van der Waals surface area contributed by atoms with Gasteiger partial charge >= 0.3 is 0 Å². The third-order valence-corrected chi connectivity index (χ3v) is 3.12. The van der Waals surface area contributed by atoms with E-state index in [1.165, 1.54) is 6.20 Å². The Morgan fingerprint density at radius 2 is 2.41 bits per heavy atom. The number of aromatic nitrogens is 2. The zero-order valence-electron chi connectivity index (χ0n) is 9.04. The first kappa shape index (κ1) is 13.0. The summed E-state index contributed by atoms with van der Waals surface area (Å²) in [5, 5.41) is 11.1. The van der Waals surface area contributed by atoms with Gasteiger partial charge in [-0.2, -0.15) is 0 Å². The van der Waals surface area contributed by atoms with Gasteiger partial charge in [0, 0.05) is 6.61 Å². The third kappa shape index (κ3) is 3.49. The predicted molar refractivity (Wildman–Crippen MR) is 75.1 cm³/mol. The van der Waals surface area contributed by atoms with Crippen molar-refractivity contribution in [3.8, 4) is 0 Å². The fourth-order valence-electron chi connectivity index (χ4n) is 1.64. The van der Waals surface area contributed by atoms with Gasteiger partial charge in [-0.05, 0) is 41.9 Å². The molecule has 0 radical (unpaired) electrons. The van der Waals surface area contributed by atoms with E-state index in [9.17, 15) is 0 Å². The molecule has 1 aromatic rings. The van der Waals surface area contributed by atoms with Gasteiger partial charge in [0.25, 0.3) is 0 Å². The molecule has 1 atom stereocenters. The van der Waals surface area contributed by atoms with E-state index in [1.54, 1.807) is 0 Å². The summed E-state index contributed by atoms with van der Waals surface area (Å²) in [5.41, 5.74) is 0.504. The van der Waals surface area contributed by atoms with Crippen molar-refractivity contribution in [2.24, 2.45) is 0 Å². The molecule has 0 bridgehead atoms. The Morgan fingerprint density at radius 1 is 1.59 bits per heavy atom. The van der Waals surface area contributed by atoms with Crippen LogP contribution in [-0.2, 0) is 4.74 Å². The number of nitrogens with one attached hydrogen (secondary N) is 2. The van der Waals surface area contributed by atoms with Gasteiger partial charge in [0.15, 0.2) is 5.82 Å². The van der Waals surface area contributed by atoms with Crippen molar-refractivity contribution >= 4 is 43.7 Å². The van der Waals surface area contributed by atoms with Gasteiger partial charge in [-0.25, -0.2) is 9.97 Å². The third-order valence-electron chi connectivity index (χ3n) is 2.43. The Morgan fingerprint density at radius 3 is 3.06 bits per heavy atom. The smallest absolute Gasteiger partial charge is 0.158 e. The molecule has 1 aromatic heterocycles. The molecule has 0 amide bonds. The molecule has 1 saturated heterocycles. The first-order valence-electron chi connectivity index (χ1n) is 5.32. The fourth-order valence-corrected chi connectivity index (χ4v) is 2.16. The molecule has 1 unspecified atom stereocenters. The standard InChI is InChI=1S/C10H12ClIN4O/c11-6-5-14-8(9(12)13)10(15-6)16-7-3-1-2-4-17-7/h5,7,13H,1-4H2,(H,15,16). The van der Waals surface area contributed by atoms with Crippen LogP contribution in [0.4, 0.5) is 5.82 Å². The van der Waals surface area contributed by atoms with Crippen LogP contribution in [0.25, 0.3) is 0 Å². The molecular weight excluding hydrogens is 354 g/mol. The Balaban J connectivity index is 2.17. The highest BCUT2D eigenvalue weighted by molar-refractivity contribution is 14.1. The highest BCUT2D eigenvalue weighted by Gasteiger charge is 2.17. The molecule has 0 aromatic carbocycles. The van der Waals surface area contributed by atoms with Crippen LogP contribution in [0.5, 0.6) is 0 Å². The van der Waals surface area contributed by atoms with Crippen LogP contribution in [0.15, 0.2) is 6.20 Å². The van der Waals surface area contributed by atoms with E-state index >= 15 is 0 Å². The lowest BCUT2D eigenvalue weighted by molar-refractivity contribution is 0.0341. The summed E-state index contributed by atoms with van der Waals surface area (Å²) in [4.78, 5) is 8.25. The summed E-state index contributed by atoms with van der Waals surface area (Å²) in [6.07, 6.45) is 4.53. The average molecular weight is 367 g/mol. The summed E-state index contributed by atoms with van der Waals surface area (Å²) in [6.45, 7) is 0.753. The molecule has 92 valence electrons. The van der Waals surface area contributed by atoms with Crippen LogP contribution in [0, 0.1) is 5.41 Å². The van der Waals surface area contributed by atoms with Crippen molar-refractivity contribution in [1.29, 1.82) is 5.41 Å².